The van der Waals surface area contributed by atoms with Crippen LogP contribution in [0.15, 0.2) is 232 Å². The number of fused-ring (bicyclic) bond motifs is 4. The number of nitriles is 1. The normalized spacial score (nSPS) is 15.3. The lowest BCUT2D eigenvalue weighted by molar-refractivity contribution is -0.141. The standard InChI is InChI=1S/C29H36N8O.C28H28N6O.C25H23F3N6O.C25H22F3N5O2.2CH4/c1-35(2)13-14-36(3)27-10-8-24(19-31-27)32-29(38)28-25-16-22(7-9-26(25)33-34-28)23-15-21(17-30-18-23)20-37-11-5-4-6-12-37;1-18-4-3-5-19(2)34(18)17-21-12-23(16-30-15-21)22-8-11-26-25(13-22)27(33-32-26)28(35)31-24-9-6-20(14-29)7-10-24;26-25(27,28)22-7-5-19(14-30-22)31-24(35)23-20-11-17(4-6-21(20)32-33-23)18-10-16(12-29-13-18)15-34-8-2-1-3-9-34;26-25(27,28)19-2-4-20(5-3-19)30-24(34)23-21-12-17(1-6-22(21)31-32-23)18-11-16(13-29-14-18)15-33-7-9-35-10-8-33;;/h7-10,15-19H,4-6,11-14,20H2,1-3H3,(H,32,38)(H,33,34);6-13,15-16,18-19H,3-5,17H2,1-2H3,(H,31,35)(H,32,33);4-7,10-14H,1-3,8-9,15H2,(H,31,35)(H,32,33);1-6,11-14H,7-10,15H2,(H,30,34)(H,31,32);2*1H4/t;18-,19+;;;;. The third kappa shape index (κ3) is 26.8. The number of likely N-dealkylation sites (N-methyl/N-ethyl adjacent to an activating group) is 2. The average Bonchev–Trinajstić information content (AvgIpc) is 1.67. The zero-order valence-electron chi connectivity index (χ0n) is 79.8. The van der Waals surface area contributed by atoms with Gasteiger partial charge in [-0.3, -0.25) is 79.1 Å². The zero-order chi connectivity index (χ0) is 99.7. The number of aromatic nitrogens is 14. The van der Waals surface area contributed by atoms with Gasteiger partial charge in [0.05, 0.1) is 76.2 Å². The maximum Gasteiger partial charge on any atom is 0.433 e. The average molecular weight is 1970 g/mol. The Morgan fingerprint density at radius 2 is 0.745 bits per heavy atom. The number of pyridine rings is 6. The van der Waals surface area contributed by atoms with E-state index in [4.69, 9.17) is 10.00 Å². The van der Waals surface area contributed by atoms with Crippen LogP contribution in [0.3, 0.4) is 0 Å². The van der Waals surface area contributed by atoms with Gasteiger partial charge in [0.1, 0.15) is 11.5 Å². The van der Waals surface area contributed by atoms with E-state index < -0.39 is 35.4 Å². The highest BCUT2D eigenvalue weighted by molar-refractivity contribution is 6.14. The number of hydrogen-bond acceptors (Lipinski definition) is 22. The van der Waals surface area contributed by atoms with E-state index in [9.17, 15) is 45.5 Å². The van der Waals surface area contributed by atoms with Gasteiger partial charge in [-0.05, 0) is 283 Å². The molecule has 36 heteroatoms. The highest BCUT2D eigenvalue weighted by Crippen LogP contribution is 2.37. The van der Waals surface area contributed by atoms with Crippen LogP contribution in [0.4, 0.5) is 54.9 Å². The van der Waals surface area contributed by atoms with Crippen LogP contribution in [0, 0.1) is 11.3 Å². The monoisotopic (exact) mass is 1970 g/mol. The third-order valence-electron chi connectivity index (χ3n) is 25.9. The minimum absolute atomic E-state index is 0. The highest BCUT2D eigenvalue weighted by Gasteiger charge is 2.34. The van der Waals surface area contributed by atoms with Crippen LogP contribution in [0.25, 0.3) is 88.1 Å². The Hall–Kier alpha value is -15.4. The predicted octanol–water partition coefficient (Wildman–Crippen LogP) is 21.0. The van der Waals surface area contributed by atoms with E-state index in [1.165, 1.54) is 81.0 Å². The Kier molecular flexibility index (Phi) is 34.2. The Bertz CT molecular complexity index is 6950. The molecule has 8 N–H and O–H groups in total. The quantitative estimate of drug-likeness (QED) is 0.0260. The minimum Gasteiger partial charge on any atom is -0.379 e. The number of hydrogen-bond donors (Lipinski definition) is 8. The highest BCUT2D eigenvalue weighted by atomic mass is 19.4. The van der Waals surface area contributed by atoms with Crippen molar-refractivity contribution in [3.8, 4) is 50.6 Å². The molecule has 750 valence electrons. The number of aromatic amines is 4. The summed E-state index contributed by atoms with van der Waals surface area (Å²) in [5.41, 5.74) is 16.5. The van der Waals surface area contributed by atoms with E-state index >= 15 is 0 Å². The molecule has 0 unspecified atom stereocenters. The SMILES string of the molecule is C.C.CN(C)CCN(C)c1ccc(NC(=O)c2n[nH]c3ccc(-c4cncc(CN5CCCCC5)c4)cc23)cn1.C[C@@H]1CCC[C@H](C)N1Cc1cncc(-c2ccc3[nH]nc(C(=O)Nc4ccc(C#N)cc4)c3c2)c1.O=C(Nc1ccc(C(F)(F)F)cc1)c1n[nH]c2ccc(-c3cncc(CN4CCOCC4)c3)cc12.O=C(Nc1ccc(C(F)(F)F)nc1)c1n[nH]c2ccc(-c3cncc(CN4CCCCC4)c3)cc12. The van der Waals surface area contributed by atoms with Gasteiger partial charge in [0, 0.05) is 176 Å². The van der Waals surface area contributed by atoms with Gasteiger partial charge >= 0.3 is 12.4 Å². The predicted molar refractivity (Wildman–Crippen MR) is 553 cm³/mol. The van der Waals surface area contributed by atoms with Crippen molar-refractivity contribution in [1.29, 1.82) is 5.26 Å². The fraction of sp³-hybridized carbons (Fsp3) is 0.312. The number of anilines is 5. The summed E-state index contributed by atoms with van der Waals surface area (Å²) in [7, 11) is 6.11. The molecule has 14 heterocycles. The van der Waals surface area contributed by atoms with Crippen LogP contribution in [-0.2, 0) is 43.3 Å². The van der Waals surface area contributed by atoms with Gasteiger partial charge in [-0.25, -0.2) is 9.97 Å². The lowest BCUT2D eigenvalue weighted by Gasteiger charge is -2.39. The number of ether oxygens (including phenoxy) is 1. The number of carbonyl (C=O) groups is 4. The third-order valence-corrected chi connectivity index (χ3v) is 25.9. The summed E-state index contributed by atoms with van der Waals surface area (Å²) in [6.45, 7) is 17.5. The maximum absolute atomic E-state index is 13.2. The molecule has 4 aliphatic rings. The molecule has 4 fully saturated rings. The summed E-state index contributed by atoms with van der Waals surface area (Å²) in [5.74, 6) is -0.797. The smallest absolute Gasteiger partial charge is 0.379 e. The second-order valence-electron chi connectivity index (χ2n) is 36.7. The number of H-pyrrole nitrogens is 4. The van der Waals surface area contributed by atoms with Crippen molar-refractivity contribution in [2.75, 3.05) is 113 Å². The van der Waals surface area contributed by atoms with Crippen molar-refractivity contribution in [1.82, 2.24) is 95.2 Å². The van der Waals surface area contributed by atoms with E-state index in [0.717, 1.165) is 205 Å². The molecular formula is C109H117F6N25O5. The molecule has 4 aliphatic heterocycles. The van der Waals surface area contributed by atoms with Gasteiger partial charge in [0.15, 0.2) is 22.8 Å². The van der Waals surface area contributed by atoms with Gasteiger partial charge in [-0.15, -0.1) is 0 Å². The number of benzene rings is 6. The van der Waals surface area contributed by atoms with Crippen molar-refractivity contribution >= 4 is 95.8 Å². The van der Waals surface area contributed by atoms with Crippen molar-refractivity contribution in [2.45, 2.75) is 137 Å². The molecule has 16 aromatic rings. The molecule has 10 aromatic heterocycles. The molecule has 6 aromatic carbocycles. The lowest BCUT2D eigenvalue weighted by atomic mass is 9.96. The largest absolute Gasteiger partial charge is 0.433 e. The molecule has 0 saturated carbocycles. The van der Waals surface area contributed by atoms with Gasteiger partial charge in [-0.1, -0.05) is 58.4 Å². The Labute approximate surface area is 836 Å². The van der Waals surface area contributed by atoms with E-state index in [2.05, 4.69) is 166 Å². The zero-order valence-corrected chi connectivity index (χ0v) is 79.8. The number of amides is 4. The minimum atomic E-state index is -4.54. The van der Waals surface area contributed by atoms with Crippen LogP contribution in [0.2, 0.25) is 0 Å². The first-order valence-corrected chi connectivity index (χ1v) is 47.7. The summed E-state index contributed by atoms with van der Waals surface area (Å²) < 4.78 is 82.0. The second kappa shape index (κ2) is 47.7. The Balaban J connectivity index is 0.000000145. The molecule has 4 saturated heterocycles. The lowest BCUT2D eigenvalue weighted by Crippen LogP contribution is -2.42. The number of rotatable bonds is 24. The topological polar surface area (TPSA) is 361 Å². The molecule has 2 atom stereocenters. The maximum atomic E-state index is 13.2. The summed E-state index contributed by atoms with van der Waals surface area (Å²) in [4.78, 5) is 91.5. The molecule has 20 rings (SSSR count). The van der Waals surface area contributed by atoms with Crippen LogP contribution >= 0.6 is 0 Å². The van der Waals surface area contributed by atoms with Crippen LogP contribution in [-0.4, -0.2) is 218 Å². The number of alkyl halides is 6. The molecular weight excluding hydrogens is 1850 g/mol. The Morgan fingerprint density at radius 3 is 1.09 bits per heavy atom. The Morgan fingerprint density at radius 1 is 0.393 bits per heavy atom. The van der Waals surface area contributed by atoms with E-state index in [0.29, 0.717) is 62.2 Å². The first kappa shape index (κ1) is 104. The molecule has 0 aliphatic carbocycles. The van der Waals surface area contributed by atoms with E-state index in [1.54, 1.807) is 42.9 Å². The fourth-order valence-corrected chi connectivity index (χ4v) is 18.1. The summed E-state index contributed by atoms with van der Waals surface area (Å²) in [6.07, 6.45) is 19.9. The number of carbonyl (C=O) groups excluding carboxylic acids is 4. The van der Waals surface area contributed by atoms with Gasteiger partial charge in [0.2, 0.25) is 0 Å². The van der Waals surface area contributed by atoms with Gasteiger partial charge in [-0.2, -0.15) is 52.0 Å². The van der Waals surface area contributed by atoms with Gasteiger partial charge in [0.25, 0.3) is 23.6 Å². The molecule has 30 nitrogen and oxygen atoms in total. The molecule has 0 spiro atoms. The fourth-order valence-electron chi connectivity index (χ4n) is 18.1. The number of likely N-dealkylation sites (tertiary alicyclic amines) is 3. The first-order chi connectivity index (χ1) is 69.2. The van der Waals surface area contributed by atoms with Crippen molar-refractivity contribution in [2.24, 2.45) is 0 Å². The van der Waals surface area contributed by atoms with Crippen LogP contribution in [0.5, 0.6) is 0 Å². The van der Waals surface area contributed by atoms with Crippen molar-refractivity contribution in [3.63, 3.8) is 0 Å². The van der Waals surface area contributed by atoms with Gasteiger partial charge < -0.3 is 35.8 Å². The number of morpholine rings is 1. The number of nitrogens with zero attached hydrogens (tertiary/aromatic N) is 17. The molecule has 4 amide bonds. The summed E-state index contributed by atoms with van der Waals surface area (Å²) >= 11 is 0. The molecule has 0 radical (unpaired) electrons. The van der Waals surface area contributed by atoms with Crippen molar-refractivity contribution in [3.05, 3.63) is 294 Å². The van der Waals surface area contributed by atoms with Crippen LogP contribution < -0.4 is 26.2 Å². The van der Waals surface area contributed by atoms with Crippen molar-refractivity contribution < 1.29 is 50.3 Å². The van der Waals surface area contributed by atoms with E-state index in [1.807, 2.05) is 143 Å². The number of piperidine rings is 3. The van der Waals surface area contributed by atoms with Crippen LogP contribution in [0.1, 0.15) is 168 Å². The first-order valence-electron chi connectivity index (χ1n) is 47.7. The molecule has 0 bridgehead atoms. The second-order valence-corrected chi connectivity index (χ2v) is 36.7. The van der Waals surface area contributed by atoms with E-state index in [-0.39, 0.29) is 49.4 Å². The number of halogens is 6. The molecule has 145 heavy (non-hydrogen) atoms. The summed E-state index contributed by atoms with van der Waals surface area (Å²) in [5, 5.41) is 51.1. The number of nitrogens with one attached hydrogen (secondary N) is 8. The summed E-state index contributed by atoms with van der Waals surface area (Å²) in [6, 6.07) is 51.8.